The molecule has 3 rings (SSSR count). The van der Waals surface area contributed by atoms with Gasteiger partial charge in [0.25, 0.3) is 0 Å². The van der Waals surface area contributed by atoms with Gasteiger partial charge in [-0.2, -0.15) is 5.10 Å². The Kier molecular flexibility index (Phi) is 2.30. The van der Waals surface area contributed by atoms with Crippen molar-refractivity contribution in [1.82, 2.24) is 14.8 Å². The van der Waals surface area contributed by atoms with Gasteiger partial charge < -0.3 is 5.73 Å². The molecule has 0 unspecified atom stereocenters. The number of hydrogen-bond acceptors (Lipinski definition) is 3. The van der Waals surface area contributed by atoms with Crippen molar-refractivity contribution in [2.24, 2.45) is 0 Å². The first-order valence-electron chi connectivity index (χ1n) is 5.84. The van der Waals surface area contributed by atoms with Crippen molar-refractivity contribution < 1.29 is 0 Å². The van der Waals surface area contributed by atoms with Crippen molar-refractivity contribution in [2.45, 2.75) is 13.8 Å². The summed E-state index contributed by atoms with van der Waals surface area (Å²) in [4.78, 5) is 4.59. The Morgan fingerprint density at radius 2 is 1.83 bits per heavy atom. The van der Waals surface area contributed by atoms with Gasteiger partial charge in [0.15, 0.2) is 5.65 Å². The van der Waals surface area contributed by atoms with Crippen LogP contribution >= 0.6 is 0 Å². The molecule has 0 radical (unpaired) electrons. The van der Waals surface area contributed by atoms with Crippen molar-refractivity contribution in [1.29, 1.82) is 0 Å². The highest BCUT2D eigenvalue weighted by molar-refractivity contribution is 5.90. The predicted molar refractivity (Wildman–Crippen MR) is 72.8 cm³/mol. The molecule has 4 heteroatoms. The van der Waals surface area contributed by atoms with Crippen LogP contribution in [0.2, 0.25) is 0 Å². The molecule has 90 valence electrons. The third kappa shape index (κ3) is 1.46. The van der Waals surface area contributed by atoms with Crippen molar-refractivity contribution in [3.05, 3.63) is 47.8 Å². The Labute approximate surface area is 105 Å². The van der Waals surface area contributed by atoms with E-state index in [1.165, 1.54) is 0 Å². The van der Waals surface area contributed by atoms with Crippen LogP contribution in [0.5, 0.6) is 0 Å². The minimum absolute atomic E-state index is 0.764. The van der Waals surface area contributed by atoms with Crippen molar-refractivity contribution in [2.75, 3.05) is 5.73 Å². The lowest BCUT2D eigenvalue weighted by Gasteiger charge is -2.07. The van der Waals surface area contributed by atoms with Crippen molar-refractivity contribution in [3.8, 4) is 5.69 Å². The number of nitrogen functional groups attached to an aromatic ring is 1. The number of benzene rings is 1. The number of rotatable bonds is 1. The number of nitrogens with two attached hydrogens (primary N) is 1. The standard InChI is InChI=1S/C14H14N4/c1-9-10(2)17-14-12(13(9)15)8-16-18(14)11-6-4-3-5-7-11/h3-8H,1-2H3,(H2,15,17). The van der Waals surface area contributed by atoms with E-state index >= 15 is 0 Å². The van der Waals surface area contributed by atoms with Crippen LogP contribution in [0.1, 0.15) is 11.3 Å². The molecular formula is C14H14N4. The zero-order valence-electron chi connectivity index (χ0n) is 10.4. The Morgan fingerprint density at radius 3 is 2.56 bits per heavy atom. The number of hydrogen-bond donors (Lipinski definition) is 1. The van der Waals surface area contributed by atoms with Crippen LogP contribution in [0.3, 0.4) is 0 Å². The maximum Gasteiger partial charge on any atom is 0.165 e. The first-order valence-corrected chi connectivity index (χ1v) is 5.84. The van der Waals surface area contributed by atoms with Crippen molar-refractivity contribution >= 4 is 16.7 Å². The van der Waals surface area contributed by atoms with E-state index in [1.807, 2.05) is 48.9 Å². The molecule has 0 atom stereocenters. The monoisotopic (exact) mass is 238 g/mol. The average Bonchev–Trinajstić information content (AvgIpc) is 2.81. The molecule has 0 spiro atoms. The summed E-state index contributed by atoms with van der Waals surface area (Å²) in [6, 6.07) is 9.94. The number of anilines is 1. The summed E-state index contributed by atoms with van der Waals surface area (Å²) >= 11 is 0. The van der Waals surface area contributed by atoms with Crippen LogP contribution in [-0.2, 0) is 0 Å². The molecule has 0 amide bonds. The highest BCUT2D eigenvalue weighted by Crippen LogP contribution is 2.26. The van der Waals surface area contributed by atoms with Crippen molar-refractivity contribution in [3.63, 3.8) is 0 Å². The molecule has 2 N–H and O–H groups in total. The number of para-hydroxylation sites is 1. The van der Waals surface area contributed by atoms with E-state index in [9.17, 15) is 0 Å². The third-order valence-electron chi connectivity index (χ3n) is 3.26. The SMILES string of the molecule is Cc1nc2c(cnn2-c2ccccc2)c(N)c1C. The van der Waals surface area contributed by atoms with Gasteiger partial charge in [0.05, 0.1) is 17.3 Å². The van der Waals surface area contributed by atoms with Crippen LogP contribution in [0, 0.1) is 13.8 Å². The summed E-state index contributed by atoms with van der Waals surface area (Å²) < 4.78 is 1.82. The summed E-state index contributed by atoms with van der Waals surface area (Å²) in [6.45, 7) is 3.95. The van der Waals surface area contributed by atoms with Gasteiger partial charge in [-0.25, -0.2) is 9.67 Å². The molecule has 0 aliphatic carbocycles. The molecular weight excluding hydrogens is 224 g/mol. The molecule has 0 saturated heterocycles. The zero-order valence-corrected chi connectivity index (χ0v) is 10.4. The van der Waals surface area contributed by atoms with Crippen LogP contribution < -0.4 is 5.73 Å². The zero-order chi connectivity index (χ0) is 12.7. The lowest BCUT2D eigenvalue weighted by atomic mass is 10.1. The fourth-order valence-corrected chi connectivity index (χ4v) is 2.04. The second-order valence-corrected chi connectivity index (χ2v) is 4.37. The van der Waals surface area contributed by atoms with E-state index in [-0.39, 0.29) is 0 Å². The number of aryl methyl sites for hydroxylation is 1. The molecule has 0 saturated carbocycles. The first kappa shape index (κ1) is 10.8. The predicted octanol–water partition coefficient (Wildman–Crippen LogP) is 2.62. The quantitative estimate of drug-likeness (QED) is 0.709. The number of pyridine rings is 1. The van der Waals surface area contributed by atoms with Gasteiger partial charge in [-0.05, 0) is 31.5 Å². The van der Waals surface area contributed by atoms with Crippen LogP contribution in [-0.4, -0.2) is 14.8 Å². The van der Waals surface area contributed by atoms with Gasteiger partial charge in [-0.15, -0.1) is 0 Å². The maximum atomic E-state index is 6.12. The van der Waals surface area contributed by atoms with Gasteiger partial charge in [0, 0.05) is 11.4 Å². The average molecular weight is 238 g/mol. The summed E-state index contributed by atoms with van der Waals surface area (Å²) in [5.41, 5.74) is 10.6. The van der Waals surface area contributed by atoms with E-state index in [1.54, 1.807) is 6.20 Å². The van der Waals surface area contributed by atoms with Gasteiger partial charge in [0.1, 0.15) is 0 Å². The highest BCUT2D eigenvalue weighted by Gasteiger charge is 2.12. The lowest BCUT2D eigenvalue weighted by molar-refractivity contribution is 0.893. The van der Waals surface area contributed by atoms with Crippen LogP contribution in [0.25, 0.3) is 16.7 Å². The van der Waals surface area contributed by atoms with Gasteiger partial charge in [0.2, 0.25) is 0 Å². The van der Waals surface area contributed by atoms with Gasteiger partial charge in [-0.3, -0.25) is 0 Å². The van der Waals surface area contributed by atoms with Gasteiger partial charge >= 0.3 is 0 Å². The van der Waals surface area contributed by atoms with E-state index < -0.39 is 0 Å². The second-order valence-electron chi connectivity index (χ2n) is 4.37. The summed E-state index contributed by atoms with van der Waals surface area (Å²) in [5.74, 6) is 0. The third-order valence-corrected chi connectivity index (χ3v) is 3.26. The van der Waals surface area contributed by atoms with E-state index in [0.717, 1.165) is 33.7 Å². The molecule has 0 fully saturated rings. The molecule has 3 aromatic rings. The molecule has 18 heavy (non-hydrogen) atoms. The summed E-state index contributed by atoms with van der Waals surface area (Å²) in [5, 5.41) is 5.29. The Hall–Kier alpha value is -2.36. The smallest absolute Gasteiger partial charge is 0.165 e. The Balaban J connectivity index is 2.34. The fraction of sp³-hybridized carbons (Fsp3) is 0.143. The molecule has 1 aromatic carbocycles. The number of nitrogens with zero attached hydrogens (tertiary/aromatic N) is 3. The van der Waals surface area contributed by atoms with E-state index in [2.05, 4.69) is 10.1 Å². The lowest BCUT2D eigenvalue weighted by Crippen LogP contribution is -2.01. The maximum absolute atomic E-state index is 6.12. The number of fused-ring (bicyclic) bond motifs is 1. The number of aromatic nitrogens is 3. The van der Waals surface area contributed by atoms with Crippen LogP contribution in [0.4, 0.5) is 5.69 Å². The van der Waals surface area contributed by atoms with E-state index in [0.29, 0.717) is 0 Å². The molecule has 0 aliphatic rings. The minimum atomic E-state index is 0.764. The van der Waals surface area contributed by atoms with E-state index in [4.69, 9.17) is 5.73 Å². The fourth-order valence-electron chi connectivity index (χ4n) is 2.04. The largest absolute Gasteiger partial charge is 0.398 e. The van der Waals surface area contributed by atoms with Crippen LogP contribution in [0.15, 0.2) is 36.5 Å². The topological polar surface area (TPSA) is 56.7 Å². The normalized spacial score (nSPS) is 11.0. The molecule has 2 heterocycles. The molecule has 0 aliphatic heterocycles. The Morgan fingerprint density at radius 1 is 1.11 bits per heavy atom. The second kappa shape index (κ2) is 3.84. The molecule has 4 nitrogen and oxygen atoms in total. The molecule has 0 bridgehead atoms. The van der Waals surface area contributed by atoms with Gasteiger partial charge in [-0.1, -0.05) is 18.2 Å². The molecule has 2 aromatic heterocycles. The highest BCUT2D eigenvalue weighted by atomic mass is 15.3. The summed E-state index contributed by atoms with van der Waals surface area (Å²) in [6.07, 6.45) is 1.77. The minimum Gasteiger partial charge on any atom is -0.398 e. The Bertz CT molecular complexity index is 713. The summed E-state index contributed by atoms with van der Waals surface area (Å²) in [7, 11) is 0. The first-order chi connectivity index (χ1) is 8.68.